The largest absolute Gasteiger partial charge is 0.356 e. The van der Waals surface area contributed by atoms with E-state index in [4.69, 9.17) is 0 Å². The lowest BCUT2D eigenvalue weighted by Gasteiger charge is -2.15. The van der Waals surface area contributed by atoms with Crippen LogP contribution in [0, 0.1) is 6.92 Å². The van der Waals surface area contributed by atoms with E-state index >= 15 is 0 Å². The van der Waals surface area contributed by atoms with Gasteiger partial charge in [-0.05, 0) is 37.0 Å². The Hall–Kier alpha value is -1.24. The Morgan fingerprint density at radius 1 is 1.38 bits per heavy atom. The van der Waals surface area contributed by atoms with Crippen LogP contribution in [-0.2, 0) is 13.5 Å². The number of aryl methyl sites for hydroxylation is 2. The van der Waals surface area contributed by atoms with Gasteiger partial charge in [0.2, 0.25) is 0 Å². The van der Waals surface area contributed by atoms with Gasteiger partial charge in [0.1, 0.15) is 0 Å². The first-order valence-corrected chi connectivity index (χ1v) is 7.31. The number of aromatic nitrogens is 1. The molecule has 114 valence electrons. The van der Waals surface area contributed by atoms with Crippen molar-refractivity contribution in [3.8, 4) is 0 Å². The molecule has 0 unspecified atom stereocenters. The highest BCUT2D eigenvalue weighted by molar-refractivity contribution is 14.0. The van der Waals surface area contributed by atoms with Gasteiger partial charge in [-0.2, -0.15) is 0 Å². The molecule has 1 aliphatic heterocycles. The van der Waals surface area contributed by atoms with Crippen LogP contribution in [0.4, 0.5) is 0 Å². The van der Waals surface area contributed by atoms with Crippen LogP contribution in [0.25, 0.3) is 10.9 Å². The number of fused-ring (bicyclic) bond motifs is 1. The van der Waals surface area contributed by atoms with Crippen LogP contribution in [0.5, 0.6) is 0 Å². The van der Waals surface area contributed by atoms with Crippen LogP contribution in [0.3, 0.4) is 0 Å². The lowest BCUT2D eigenvalue weighted by molar-refractivity contribution is 0.700. The third-order valence-electron chi connectivity index (χ3n) is 3.81. The third kappa shape index (κ3) is 3.70. The van der Waals surface area contributed by atoms with Gasteiger partial charge in [-0.25, -0.2) is 0 Å². The zero-order valence-electron chi connectivity index (χ0n) is 12.6. The van der Waals surface area contributed by atoms with E-state index in [0.29, 0.717) is 0 Å². The monoisotopic (exact) mass is 398 g/mol. The molecule has 0 aliphatic carbocycles. The first kappa shape index (κ1) is 16.1. The summed E-state index contributed by atoms with van der Waals surface area (Å²) in [7, 11) is 2.12. The summed E-state index contributed by atoms with van der Waals surface area (Å²) in [5, 5.41) is 8.03. The minimum atomic E-state index is 0. The van der Waals surface area contributed by atoms with E-state index in [1.54, 1.807) is 0 Å². The van der Waals surface area contributed by atoms with Crippen molar-refractivity contribution in [1.29, 1.82) is 0 Å². The minimum absolute atomic E-state index is 0. The molecule has 1 aromatic heterocycles. The Morgan fingerprint density at radius 3 is 3.00 bits per heavy atom. The zero-order valence-corrected chi connectivity index (χ0v) is 15.0. The molecule has 0 amide bonds. The van der Waals surface area contributed by atoms with E-state index in [0.717, 1.165) is 38.4 Å². The van der Waals surface area contributed by atoms with Crippen molar-refractivity contribution >= 4 is 40.8 Å². The normalized spacial score (nSPS) is 14.3. The maximum Gasteiger partial charge on any atom is 0.191 e. The predicted molar refractivity (Wildman–Crippen MR) is 99.7 cm³/mol. The molecule has 0 radical (unpaired) electrons. The fourth-order valence-electron chi connectivity index (χ4n) is 2.74. The third-order valence-corrected chi connectivity index (χ3v) is 3.81. The Kier molecular flexibility index (Phi) is 5.50. The lowest BCUT2D eigenvalue weighted by atomic mass is 10.1. The van der Waals surface area contributed by atoms with Crippen molar-refractivity contribution in [3.63, 3.8) is 0 Å². The van der Waals surface area contributed by atoms with Crippen molar-refractivity contribution in [1.82, 2.24) is 15.2 Å². The summed E-state index contributed by atoms with van der Waals surface area (Å²) in [4.78, 5) is 4.43. The maximum absolute atomic E-state index is 4.43. The topological polar surface area (TPSA) is 41.4 Å². The van der Waals surface area contributed by atoms with Gasteiger partial charge in [-0.15, -0.1) is 24.0 Å². The summed E-state index contributed by atoms with van der Waals surface area (Å²) in [5.74, 6) is 0.951. The van der Waals surface area contributed by atoms with E-state index in [9.17, 15) is 0 Å². The Morgan fingerprint density at radius 2 is 2.24 bits per heavy atom. The van der Waals surface area contributed by atoms with E-state index in [1.807, 2.05) is 0 Å². The molecule has 2 N–H and O–H groups in total. The SMILES string of the molecule is Cc1ccc2c(CCNC3=NCCCN3)cn(C)c2c1.I. The number of aliphatic imine (C=N–C) groups is 1. The molecule has 0 atom stereocenters. The first-order valence-electron chi connectivity index (χ1n) is 7.31. The average molecular weight is 398 g/mol. The molecule has 1 aromatic carbocycles. The molecule has 2 aromatic rings. The number of nitrogens with zero attached hydrogens (tertiary/aromatic N) is 2. The fraction of sp³-hybridized carbons (Fsp3) is 0.438. The van der Waals surface area contributed by atoms with Gasteiger partial charge in [0.25, 0.3) is 0 Å². The molecule has 2 heterocycles. The Balaban J connectivity index is 0.00000161. The van der Waals surface area contributed by atoms with Crippen molar-refractivity contribution in [2.45, 2.75) is 19.8 Å². The number of rotatable bonds is 3. The second-order valence-electron chi connectivity index (χ2n) is 5.47. The van der Waals surface area contributed by atoms with Crippen LogP contribution >= 0.6 is 24.0 Å². The zero-order chi connectivity index (χ0) is 13.9. The molecule has 0 fully saturated rings. The number of nitrogens with one attached hydrogen (secondary N) is 2. The molecule has 1 aliphatic rings. The van der Waals surface area contributed by atoms with Crippen molar-refractivity contribution in [3.05, 3.63) is 35.5 Å². The van der Waals surface area contributed by atoms with E-state index in [2.05, 4.69) is 58.6 Å². The Bertz CT molecular complexity index is 645. The number of hydrogen-bond acceptors (Lipinski definition) is 3. The molecule has 3 rings (SSSR count). The highest BCUT2D eigenvalue weighted by atomic mass is 127. The fourth-order valence-corrected chi connectivity index (χ4v) is 2.74. The molecular weight excluding hydrogens is 375 g/mol. The van der Waals surface area contributed by atoms with Crippen molar-refractivity contribution in [2.24, 2.45) is 12.0 Å². The summed E-state index contributed by atoms with van der Waals surface area (Å²) in [6.07, 6.45) is 4.39. The van der Waals surface area contributed by atoms with Crippen LogP contribution < -0.4 is 10.6 Å². The van der Waals surface area contributed by atoms with E-state index in [-0.39, 0.29) is 24.0 Å². The first-order chi connectivity index (χ1) is 9.74. The van der Waals surface area contributed by atoms with E-state index in [1.165, 1.54) is 22.0 Å². The Labute approximate surface area is 143 Å². The predicted octanol–water partition coefficient (Wildman–Crippen LogP) is 2.59. The van der Waals surface area contributed by atoms with E-state index < -0.39 is 0 Å². The summed E-state index contributed by atoms with van der Waals surface area (Å²) in [6.45, 7) is 5.02. The van der Waals surface area contributed by atoms with Crippen molar-refractivity contribution < 1.29 is 0 Å². The molecule has 21 heavy (non-hydrogen) atoms. The smallest absolute Gasteiger partial charge is 0.191 e. The van der Waals surface area contributed by atoms with Gasteiger partial charge in [-0.3, -0.25) is 4.99 Å². The summed E-state index contributed by atoms with van der Waals surface area (Å²) < 4.78 is 2.22. The average Bonchev–Trinajstić information content (AvgIpc) is 2.76. The highest BCUT2D eigenvalue weighted by Gasteiger charge is 2.07. The molecule has 4 nitrogen and oxygen atoms in total. The molecule has 0 saturated heterocycles. The number of hydrogen-bond donors (Lipinski definition) is 2. The van der Waals surface area contributed by atoms with Gasteiger partial charge in [0.15, 0.2) is 5.96 Å². The van der Waals surface area contributed by atoms with Crippen LogP contribution in [0.15, 0.2) is 29.4 Å². The van der Waals surface area contributed by atoms with Gasteiger partial charge in [0.05, 0.1) is 0 Å². The van der Waals surface area contributed by atoms with Gasteiger partial charge in [0, 0.05) is 43.8 Å². The molecule has 0 bridgehead atoms. The minimum Gasteiger partial charge on any atom is -0.356 e. The number of benzene rings is 1. The molecule has 0 saturated carbocycles. The number of halogens is 1. The highest BCUT2D eigenvalue weighted by Crippen LogP contribution is 2.22. The van der Waals surface area contributed by atoms with Gasteiger partial charge >= 0.3 is 0 Å². The lowest BCUT2D eigenvalue weighted by Crippen LogP contribution is -2.41. The molecule has 0 spiro atoms. The van der Waals surface area contributed by atoms with Gasteiger partial charge < -0.3 is 15.2 Å². The summed E-state index contributed by atoms with van der Waals surface area (Å²) >= 11 is 0. The van der Waals surface area contributed by atoms with Crippen LogP contribution in [-0.4, -0.2) is 30.2 Å². The molecule has 5 heteroatoms. The summed E-state index contributed by atoms with van der Waals surface area (Å²) in [6, 6.07) is 6.67. The molecular formula is C16H23IN4. The van der Waals surface area contributed by atoms with Gasteiger partial charge in [-0.1, -0.05) is 12.1 Å². The second-order valence-corrected chi connectivity index (χ2v) is 5.47. The quantitative estimate of drug-likeness (QED) is 0.781. The summed E-state index contributed by atoms with van der Waals surface area (Å²) in [5.41, 5.74) is 4.02. The second kappa shape index (κ2) is 7.15. The maximum atomic E-state index is 4.43. The van der Waals surface area contributed by atoms with Crippen LogP contribution in [0.2, 0.25) is 0 Å². The van der Waals surface area contributed by atoms with Crippen molar-refractivity contribution in [2.75, 3.05) is 19.6 Å². The van der Waals surface area contributed by atoms with Crippen LogP contribution in [0.1, 0.15) is 17.5 Å². The number of guanidine groups is 1. The standard InChI is InChI=1S/C16H22N4.HI/c1-12-4-5-14-13(11-20(2)15(14)10-12)6-9-19-16-17-7-3-8-18-16;/h4-5,10-11H,3,6-9H2,1-2H3,(H2,17,18,19);1H.